The third-order valence-corrected chi connectivity index (χ3v) is 4.21. The normalized spacial score (nSPS) is 13.7. The van der Waals surface area contributed by atoms with Gasteiger partial charge in [-0.05, 0) is 57.9 Å². The molecular formula is C20H26O6. The highest BCUT2D eigenvalue weighted by Crippen LogP contribution is 2.34. The molecule has 0 unspecified atom stereocenters. The van der Waals surface area contributed by atoms with Crippen LogP contribution in [0.25, 0.3) is 11.0 Å². The summed E-state index contributed by atoms with van der Waals surface area (Å²) in [6, 6.07) is 6.59. The molecule has 1 atom stereocenters. The largest absolute Gasteiger partial charge is 0.490 e. The van der Waals surface area contributed by atoms with Crippen molar-refractivity contribution >= 4 is 11.0 Å². The molecule has 1 heterocycles. The Labute approximate surface area is 152 Å². The first-order valence-electron chi connectivity index (χ1n) is 8.52. The average molecular weight is 362 g/mol. The van der Waals surface area contributed by atoms with Crippen molar-refractivity contribution in [3.05, 3.63) is 46.3 Å². The minimum absolute atomic E-state index is 0.309. The van der Waals surface area contributed by atoms with Crippen molar-refractivity contribution in [2.45, 2.75) is 45.3 Å². The van der Waals surface area contributed by atoms with Crippen molar-refractivity contribution in [3.63, 3.8) is 0 Å². The number of hydrogen-bond donors (Lipinski definition) is 2. The molecule has 6 heteroatoms. The molecule has 26 heavy (non-hydrogen) atoms. The van der Waals surface area contributed by atoms with Crippen molar-refractivity contribution in [1.29, 1.82) is 0 Å². The molecule has 0 aliphatic heterocycles. The first-order chi connectivity index (χ1) is 12.2. The topological polar surface area (TPSA) is 89.1 Å². The van der Waals surface area contributed by atoms with Gasteiger partial charge in [-0.15, -0.1) is 0 Å². The smallest absolute Gasteiger partial charge is 0.336 e. The van der Waals surface area contributed by atoms with E-state index >= 15 is 0 Å². The summed E-state index contributed by atoms with van der Waals surface area (Å²) in [4.78, 5) is 11.5. The van der Waals surface area contributed by atoms with E-state index in [4.69, 9.17) is 13.9 Å². The van der Waals surface area contributed by atoms with Crippen LogP contribution in [0, 0.1) is 0 Å². The first-order valence-corrected chi connectivity index (χ1v) is 8.52. The van der Waals surface area contributed by atoms with E-state index < -0.39 is 17.3 Å². The van der Waals surface area contributed by atoms with E-state index in [0.29, 0.717) is 36.5 Å². The summed E-state index contributed by atoms with van der Waals surface area (Å²) in [6.45, 7) is 5.43. The van der Waals surface area contributed by atoms with E-state index in [9.17, 15) is 15.0 Å². The van der Waals surface area contributed by atoms with Gasteiger partial charge in [0.05, 0.1) is 18.8 Å². The average Bonchev–Trinajstić information content (AvgIpc) is 2.58. The lowest BCUT2D eigenvalue weighted by Gasteiger charge is -2.24. The third kappa shape index (κ3) is 5.09. The number of aliphatic hydroxyl groups is 2. The maximum absolute atomic E-state index is 11.5. The zero-order valence-corrected chi connectivity index (χ0v) is 15.6. The molecule has 0 saturated heterocycles. The monoisotopic (exact) mass is 362 g/mol. The molecule has 6 nitrogen and oxygen atoms in total. The number of aliphatic hydroxyl groups excluding tert-OH is 1. The summed E-state index contributed by atoms with van der Waals surface area (Å²) in [5.74, 6) is 0.860. The van der Waals surface area contributed by atoms with Crippen LogP contribution < -0.4 is 15.1 Å². The zero-order chi connectivity index (χ0) is 19.3. The Bertz CT molecular complexity index is 828. The maximum Gasteiger partial charge on any atom is 0.336 e. The Morgan fingerprint density at radius 2 is 2.00 bits per heavy atom. The molecule has 0 saturated carbocycles. The summed E-state index contributed by atoms with van der Waals surface area (Å²) >= 11 is 0. The lowest BCUT2D eigenvalue weighted by molar-refractivity contribution is -0.0509. The van der Waals surface area contributed by atoms with Crippen LogP contribution in [-0.2, 0) is 0 Å². The highest BCUT2D eigenvalue weighted by Gasteiger charge is 2.23. The van der Waals surface area contributed by atoms with Gasteiger partial charge in [-0.1, -0.05) is 5.57 Å². The molecule has 2 N–H and O–H groups in total. The zero-order valence-electron chi connectivity index (χ0n) is 15.6. The Morgan fingerprint density at radius 1 is 1.31 bits per heavy atom. The first kappa shape index (κ1) is 20.0. The van der Waals surface area contributed by atoms with Crippen molar-refractivity contribution in [2.75, 3.05) is 13.7 Å². The fraction of sp³-hybridized carbons (Fsp3) is 0.450. The van der Waals surface area contributed by atoms with Crippen LogP contribution in [-0.4, -0.2) is 35.6 Å². The highest BCUT2D eigenvalue weighted by molar-refractivity contribution is 5.85. The molecule has 0 radical (unpaired) electrons. The van der Waals surface area contributed by atoms with Gasteiger partial charge in [0.25, 0.3) is 0 Å². The van der Waals surface area contributed by atoms with Crippen LogP contribution in [0.5, 0.6) is 11.5 Å². The number of methoxy groups -OCH3 is 1. The lowest BCUT2D eigenvalue weighted by atomic mass is 9.96. The van der Waals surface area contributed by atoms with Gasteiger partial charge >= 0.3 is 5.63 Å². The predicted molar refractivity (Wildman–Crippen MR) is 99.8 cm³/mol. The van der Waals surface area contributed by atoms with Crippen molar-refractivity contribution < 1.29 is 24.1 Å². The molecule has 0 aliphatic rings. The Morgan fingerprint density at radius 3 is 2.65 bits per heavy atom. The molecule has 1 aromatic carbocycles. The second-order valence-electron chi connectivity index (χ2n) is 6.84. The summed E-state index contributed by atoms with van der Waals surface area (Å²) in [5.41, 5.74) is -0.167. The van der Waals surface area contributed by atoms with E-state index in [1.54, 1.807) is 32.0 Å². The van der Waals surface area contributed by atoms with E-state index in [1.807, 2.05) is 13.0 Å². The van der Waals surface area contributed by atoms with Gasteiger partial charge in [0, 0.05) is 11.5 Å². The van der Waals surface area contributed by atoms with Gasteiger partial charge in [0.1, 0.15) is 6.61 Å². The van der Waals surface area contributed by atoms with E-state index in [2.05, 4.69) is 0 Å². The Kier molecular flexibility index (Phi) is 6.45. The standard InChI is InChI=1S/C20H26O6/c1-13(5-9-16(21)20(2,3)23)11-12-25-15-8-6-14-7-10-17(22)26-18(14)19(15)24-4/h6-8,10-11,16,21,23H,5,9,12H2,1-4H3/t16-/m0/s1. The second kappa shape index (κ2) is 8.38. The Hall–Kier alpha value is -2.31. The van der Waals surface area contributed by atoms with Gasteiger partial charge in [-0.25, -0.2) is 4.79 Å². The number of rotatable bonds is 8. The minimum atomic E-state index is -1.11. The maximum atomic E-state index is 11.5. The predicted octanol–water partition coefficient (Wildman–Crippen LogP) is 3.04. The van der Waals surface area contributed by atoms with Crippen LogP contribution in [0.4, 0.5) is 0 Å². The molecule has 0 aliphatic carbocycles. The van der Waals surface area contributed by atoms with Gasteiger partial charge in [-0.3, -0.25) is 0 Å². The fourth-order valence-electron chi connectivity index (χ4n) is 2.49. The van der Waals surface area contributed by atoms with Crippen LogP contribution in [0.15, 0.2) is 45.1 Å². The summed E-state index contributed by atoms with van der Waals surface area (Å²) < 4.78 is 16.3. The number of fused-ring (bicyclic) bond motifs is 1. The van der Waals surface area contributed by atoms with Crippen molar-refractivity contribution in [3.8, 4) is 11.5 Å². The molecule has 0 fully saturated rings. The molecule has 1 aromatic heterocycles. The van der Waals surface area contributed by atoms with E-state index in [0.717, 1.165) is 11.0 Å². The summed E-state index contributed by atoms with van der Waals surface area (Å²) in [7, 11) is 1.49. The van der Waals surface area contributed by atoms with Gasteiger partial charge < -0.3 is 24.1 Å². The van der Waals surface area contributed by atoms with E-state index in [1.165, 1.54) is 13.2 Å². The number of hydrogen-bond acceptors (Lipinski definition) is 6. The van der Waals surface area contributed by atoms with Gasteiger partial charge in [0.2, 0.25) is 5.75 Å². The Balaban J connectivity index is 2.04. The number of ether oxygens (including phenoxy) is 2. The highest BCUT2D eigenvalue weighted by atomic mass is 16.5. The third-order valence-electron chi connectivity index (χ3n) is 4.21. The molecule has 0 spiro atoms. The molecule has 0 amide bonds. The van der Waals surface area contributed by atoms with Crippen LogP contribution >= 0.6 is 0 Å². The van der Waals surface area contributed by atoms with Crippen LogP contribution in [0.2, 0.25) is 0 Å². The summed E-state index contributed by atoms with van der Waals surface area (Å²) in [5, 5.41) is 20.4. The number of benzene rings is 1. The fourth-order valence-corrected chi connectivity index (χ4v) is 2.49. The van der Waals surface area contributed by atoms with Crippen LogP contribution in [0.1, 0.15) is 33.6 Å². The van der Waals surface area contributed by atoms with Crippen molar-refractivity contribution in [1.82, 2.24) is 0 Å². The van der Waals surface area contributed by atoms with Crippen molar-refractivity contribution in [2.24, 2.45) is 0 Å². The van der Waals surface area contributed by atoms with Gasteiger partial charge in [-0.2, -0.15) is 0 Å². The van der Waals surface area contributed by atoms with E-state index in [-0.39, 0.29) is 0 Å². The van der Waals surface area contributed by atoms with Gasteiger partial charge in [0.15, 0.2) is 11.3 Å². The molecule has 2 rings (SSSR count). The summed E-state index contributed by atoms with van der Waals surface area (Å²) in [6.07, 6.45) is 2.24. The quantitative estimate of drug-likeness (QED) is 0.554. The lowest BCUT2D eigenvalue weighted by Crippen LogP contribution is -2.35. The molecular weight excluding hydrogens is 336 g/mol. The molecule has 2 aromatic rings. The number of allylic oxidation sites excluding steroid dienone is 1. The van der Waals surface area contributed by atoms with Crippen LogP contribution in [0.3, 0.4) is 0 Å². The minimum Gasteiger partial charge on any atom is -0.490 e. The SMILES string of the molecule is COc1c(OCC=C(C)CC[C@H](O)C(C)(C)O)ccc2ccc(=O)oc12. The molecule has 0 bridgehead atoms. The molecule has 142 valence electrons. The second-order valence-corrected chi connectivity index (χ2v) is 6.84.